The van der Waals surface area contributed by atoms with Gasteiger partial charge in [0.1, 0.15) is 10.7 Å². The molecule has 2 amide bonds. The summed E-state index contributed by atoms with van der Waals surface area (Å²) < 4.78 is 35.4. The van der Waals surface area contributed by atoms with Gasteiger partial charge in [-0.1, -0.05) is 0 Å². The zero-order chi connectivity index (χ0) is 24.3. The molecule has 0 aliphatic carbocycles. The smallest absolute Gasteiger partial charge is 0.274 e. The number of carbonyl (C=O) groups is 2. The van der Waals surface area contributed by atoms with Crippen molar-refractivity contribution in [2.45, 2.75) is 37.8 Å². The zero-order valence-electron chi connectivity index (χ0n) is 19.0. The van der Waals surface area contributed by atoms with Crippen LogP contribution in [0.4, 0.5) is 5.69 Å². The average Bonchev–Trinajstić information content (AvgIpc) is 3.59. The molecule has 0 spiro atoms. The number of piperidine rings is 1. The Morgan fingerprint density at radius 2 is 2.12 bits per heavy atom. The normalized spacial score (nSPS) is 16.9. The molecule has 1 fully saturated rings. The van der Waals surface area contributed by atoms with E-state index in [0.29, 0.717) is 31.7 Å². The number of aromatic nitrogens is 4. The van der Waals surface area contributed by atoms with Gasteiger partial charge in [-0.2, -0.15) is 14.5 Å². The van der Waals surface area contributed by atoms with Gasteiger partial charge in [-0.3, -0.25) is 19.0 Å². The van der Waals surface area contributed by atoms with E-state index >= 15 is 0 Å². The SMILES string of the molecule is CCn1cc(NC(=O)C2CCCN(S(=O)(=O)c3cnn(C)c3)C2)c(C(=O)NCc2ccco2)n1. The highest BCUT2D eigenvalue weighted by Gasteiger charge is 2.34. The van der Waals surface area contributed by atoms with Crippen LogP contribution in [0.2, 0.25) is 0 Å². The Kier molecular flexibility index (Phi) is 6.84. The third-order valence-corrected chi connectivity index (χ3v) is 7.45. The molecule has 13 heteroatoms. The van der Waals surface area contributed by atoms with Crippen molar-refractivity contribution in [3.63, 3.8) is 0 Å². The van der Waals surface area contributed by atoms with Gasteiger partial charge in [-0.05, 0) is 31.9 Å². The first-order valence-electron chi connectivity index (χ1n) is 11.0. The van der Waals surface area contributed by atoms with Crippen molar-refractivity contribution in [1.82, 2.24) is 29.2 Å². The first kappa shape index (κ1) is 23.7. The van der Waals surface area contributed by atoms with Gasteiger partial charge in [0.2, 0.25) is 15.9 Å². The first-order valence-corrected chi connectivity index (χ1v) is 12.4. The minimum Gasteiger partial charge on any atom is -0.467 e. The van der Waals surface area contributed by atoms with E-state index in [1.54, 1.807) is 30.1 Å². The number of aryl methyl sites for hydroxylation is 2. The predicted octanol–water partition coefficient (Wildman–Crippen LogP) is 1.20. The van der Waals surface area contributed by atoms with Gasteiger partial charge in [0.15, 0.2) is 5.69 Å². The van der Waals surface area contributed by atoms with Crippen LogP contribution >= 0.6 is 0 Å². The van der Waals surface area contributed by atoms with Gasteiger partial charge in [-0.25, -0.2) is 8.42 Å². The molecule has 182 valence electrons. The summed E-state index contributed by atoms with van der Waals surface area (Å²) in [4.78, 5) is 25.9. The van der Waals surface area contributed by atoms with Crippen LogP contribution in [-0.2, 0) is 35.0 Å². The fourth-order valence-electron chi connectivity index (χ4n) is 3.80. The topological polar surface area (TPSA) is 144 Å². The molecular formula is C21H27N7O5S. The Balaban J connectivity index is 1.45. The van der Waals surface area contributed by atoms with E-state index in [4.69, 9.17) is 4.42 Å². The second-order valence-electron chi connectivity index (χ2n) is 8.05. The zero-order valence-corrected chi connectivity index (χ0v) is 19.8. The summed E-state index contributed by atoms with van der Waals surface area (Å²) in [5.41, 5.74) is 0.355. The molecule has 34 heavy (non-hydrogen) atoms. The van der Waals surface area contributed by atoms with Gasteiger partial charge in [0.25, 0.3) is 5.91 Å². The fraction of sp³-hybridized carbons (Fsp3) is 0.429. The second-order valence-corrected chi connectivity index (χ2v) is 9.99. The van der Waals surface area contributed by atoms with E-state index in [9.17, 15) is 18.0 Å². The Morgan fingerprint density at radius 3 is 2.79 bits per heavy atom. The van der Waals surface area contributed by atoms with Crippen LogP contribution in [0.1, 0.15) is 36.0 Å². The van der Waals surface area contributed by atoms with Crippen molar-refractivity contribution in [2.75, 3.05) is 18.4 Å². The highest BCUT2D eigenvalue weighted by Crippen LogP contribution is 2.25. The molecule has 1 aliphatic rings. The van der Waals surface area contributed by atoms with Gasteiger partial charge in [0.05, 0.1) is 30.6 Å². The highest BCUT2D eigenvalue weighted by molar-refractivity contribution is 7.89. The number of anilines is 1. The third-order valence-electron chi connectivity index (χ3n) is 5.64. The quantitative estimate of drug-likeness (QED) is 0.484. The maximum Gasteiger partial charge on any atom is 0.274 e. The van der Waals surface area contributed by atoms with E-state index < -0.39 is 21.8 Å². The molecule has 1 saturated heterocycles. The molecule has 1 atom stereocenters. The molecule has 0 bridgehead atoms. The van der Waals surface area contributed by atoms with Crippen molar-refractivity contribution >= 4 is 27.5 Å². The largest absolute Gasteiger partial charge is 0.467 e. The van der Waals surface area contributed by atoms with Crippen LogP contribution in [0, 0.1) is 5.92 Å². The summed E-state index contributed by atoms with van der Waals surface area (Å²) in [6, 6.07) is 3.46. The molecule has 12 nitrogen and oxygen atoms in total. The summed E-state index contributed by atoms with van der Waals surface area (Å²) >= 11 is 0. The van der Waals surface area contributed by atoms with E-state index in [2.05, 4.69) is 20.8 Å². The summed E-state index contributed by atoms with van der Waals surface area (Å²) in [7, 11) is -2.11. The molecule has 3 aromatic rings. The van der Waals surface area contributed by atoms with Gasteiger partial charge < -0.3 is 15.1 Å². The van der Waals surface area contributed by atoms with Gasteiger partial charge >= 0.3 is 0 Å². The second kappa shape index (κ2) is 9.81. The third kappa shape index (κ3) is 5.04. The summed E-state index contributed by atoms with van der Waals surface area (Å²) in [5.74, 6) is -0.791. The average molecular weight is 490 g/mol. The number of nitrogens with one attached hydrogen (secondary N) is 2. The Bertz CT molecular complexity index is 1260. The number of hydrogen-bond donors (Lipinski definition) is 2. The van der Waals surface area contributed by atoms with Crippen LogP contribution < -0.4 is 10.6 Å². The lowest BCUT2D eigenvalue weighted by atomic mass is 9.99. The number of amides is 2. The molecule has 2 N–H and O–H groups in total. The molecule has 0 radical (unpaired) electrons. The highest BCUT2D eigenvalue weighted by atomic mass is 32.2. The lowest BCUT2D eigenvalue weighted by molar-refractivity contribution is -0.120. The van der Waals surface area contributed by atoms with Gasteiger partial charge in [-0.15, -0.1) is 0 Å². The maximum absolute atomic E-state index is 13.1. The molecule has 0 aromatic carbocycles. The van der Waals surface area contributed by atoms with Crippen LogP contribution in [0.25, 0.3) is 0 Å². The molecule has 4 heterocycles. The molecule has 1 unspecified atom stereocenters. The van der Waals surface area contributed by atoms with Crippen molar-refractivity contribution in [2.24, 2.45) is 13.0 Å². The summed E-state index contributed by atoms with van der Waals surface area (Å²) in [6.45, 7) is 2.93. The molecule has 3 aromatic heterocycles. The molecule has 4 rings (SSSR count). The number of furan rings is 1. The number of rotatable bonds is 8. The lowest BCUT2D eigenvalue weighted by Gasteiger charge is -2.30. The number of nitrogens with zero attached hydrogens (tertiary/aromatic N) is 5. The Hall–Kier alpha value is -3.45. The molecule has 1 aliphatic heterocycles. The maximum atomic E-state index is 13.1. The molecular weight excluding hydrogens is 462 g/mol. The van der Waals surface area contributed by atoms with Crippen molar-refractivity contribution in [3.8, 4) is 0 Å². The van der Waals surface area contributed by atoms with Gasteiger partial charge in [0, 0.05) is 39.1 Å². The lowest BCUT2D eigenvalue weighted by Crippen LogP contribution is -2.43. The van der Waals surface area contributed by atoms with Crippen LogP contribution in [0.5, 0.6) is 0 Å². The summed E-state index contributed by atoms with van der Waals surface area (Å²) in [5, 5.41) is 13.7. The number of carbonyl (C=O) groups excluding carboxylic acids is 2. The van der Waals surface area contributed by atoms with Crippen LogP contribution in [0.15, 0.2) is 46.3 Å². The Labute approximate surface area is 197 Å². The first-order chi connectivity index (χ1) is 16.3. The van der Waals surface area contributed by atoms with Crippen molar-refractivity contribution in [1.29, 1.82) is 0 Å². The standard InChI is InChI=1S/C21H27N7O5S/c1-3-27-14-18(19(25-27)21(30)22-10-16-7-5-9-33-16)24-20(29)15-6-4-8-28(12-15)34(31,32)17-11-23-26(2)13-17/h5,7,9,11,13-15H,3-4,6,8,10,12H2,1-2H3,(H,22,30)(H,24,29). The van der Waals surface area contributed by atoms with Crippen LogP contribution in [-0.4, -0.2) is 57.2 Å². The molecule has 0 saturated carbocycles. The van der Waals surface area contributed by atoms with Crippen molar-refractivity contribution < 1.29 is 22.4 Å². The summed E-state index contributed by atoms with van der Waals surface area (Å²) in [6.07, 6.45) is 6.92. The Morgan fingerprint density at radius 1 is 1.29 bits per heavy atom. The van der Waals surface area contributed by atoms with E-state index in [-0.39, 0.29) is 35.3 Å². The number of sulfonamides is 1. The van der Waals surface area contributed by atoms with E-state index in [0.717, 1.165) is 0 Å². The minimum atomic E-state index is -3.75. The predicted molar refractivity (Wildman–Crippen MR) is 121 cm³/mol. The monoisotopic (exact) mass is 489 g/mol. The van der Waals surface area contributed by atoms with E-state index in [1.807, 2.05) is 6.92 Å². The number of hydrogen-bond acceptors (Lipinski definition) is 7. The van der Waals surface area contributed by atoms with Crippen LogP contribution in [0.3, 0.4) is 0 Å². The van der Waals surface area contributed by atoms with Crippen molar-refractivity contribution in [3.05, 3.63) is 48.4 Å². The minimum absolute atomic E-state index is 0.0466. The van der Waals surface area contributed by atoms with E-state index in [1.165, 1.54) is 27.6 Å². The fourth-order valence-corrected chi connectivity index (χ4v) is 5.31.